The molecular formula is C13H21N3OS. The number of nitrogens with one attached hydrogen (secondary N) is 1. The largest absolute Gasteiger partial charge is 0.396 e. The van der Waals surface area contributed by atoms with Crippen molar-refractivity contribution in [2.24, 2.45) is 5.41 Å². The zero-order valence-corrected chi connectivity index (χ0v) is 12.3. The SMILES string of the molecule is Cc1nc2scc(C)n2c1CNCC(C)(C)CO. The minimum atomic E-state index is -0.0819. The monoisotopic (exact) mass is 267 g/mol. The van der Waals surface area contributed by atoms with Crippen molar-refractivity contribution in [2.45, 2.75) is 34.2 Å². The molecule has 2 aromatic rings. The topological polar surface area (TPSA) is 49.6 Å². The Bertz CT molecular complexity index is 542. The molecule has 5 heteroatoms. The van der Waals surface area contributed by atoms with Gasteiger partial charge in [0.1, 0.15) is 0 Å². The Labute approximate surface area is 112 Å². The van der Waals surface area contributed by atoms with E-state index >= 15 is 0 Å². The van der Waals surface area contributed by atoms with Gasteiger partial charge in [-0.25, -0.2) is 4.98 Å². The van der Waals surface area contributed by atoms with Gasteiger partial charge in [0.05, 0.1) is 11.4 Å². The first kappa shape index (κ1) is 13.5. The first-order chi connectivity index (χ1) is 8.44. The maximum Gasteiger partial charge on any atom is 0.194 e. The summed E-state index contributed by atoms with van der Waals surface area (Å²) in [5, 5.41) is 14.8. The molecule has 0 unspecified atom stereocenters. The number of hydrogen-bond donors (Lipinski definition) is 2. The second-order valence-corrected chi connectivity index (χ2v) is 6.40. The molecule has 0 fully saturated rings. The average Bonchev–Trinajstić information content (AvgIpc) is 2.81. The van der Waals surface area contributed by atoms with E-state index in [4.69, 9.17) is 0 Å². The van der Waals surface area contributed by atoms with Crippen molar-refractivity contribution < 1.29 is 5.11 Å². The van der Waals surface area contributed by atoms with E-state index in [2.05, 4.69) is 40.9 Å². The van der Waals surface area contributed by atoms with Crippen molar-refractivity contribution in [3.05, 3.63) is 22.5 Å². The molecule has 0 aliphatic heterocycles. The quantitative estimate of drug-likeness (QED) is 0.872. The van der Waals surface area contributed by atoms with E-state index in [9.17, 15) is 5.11 Å². The third kappa shape index (κ3) is 2.58. The van der Waals surface area contributed by atoms with Crippen LogP contribution in [-0.4, -0.2) is 27.6 Å². The fraction of sp³-hybridized carbons (Fsp3) is 0.615. The molecule has 2 aromatic heterocycles. The second kappa shape index (κ2) is 4.99. The van der Waals surface area contributed by atoms with Crippen LogP contribution in [0, 0.1) is 19.3 Å². The second-order valence-electron chi connectivity index (χ2n) is 5.56. The molecular weight excluding hydrogens is 246 g/mol. The number of imidazole rings is 1. The van der Waals surface area contributed by atoms with Crippen LogP contribution in [0.5, 0.6) is 0 Å². The molecule has 0 bridgehead atoms. The predicted molar refractivity (Wildman–Crippen MR) is 75.1 cm³/mol. The van der Waals surface area contributed by atoms with Gasteiger partial charge in [0, 0.05) is 36.2 Å². The summed E-state index contributed by atoms with van der Waals surface area (Å²) in [6, 6.07) is 0. The Kier molecular flexibility index (Phi) is 3.75. The van der Waals surface area contributed by atoms with Crippen LogP contribution in [0.25, 0.3) is 4.96 Å². The van der Waals surface area contributed by atoms with Crippen LogP contribution >= 0.6 is 11.3 Å². The summed E-state index contributed by atoms with van der Waals surface area (Å²) in [4.78, 5) is 5.62. The number of thiazole rings is 1. The molecule has 0 saturated heterocycles. The van der Waals surface area contributed by atoms with Crippen molar-refractivity contribution in [1.29, 1.82) is 0 Å². The summed E-state index contributed by atoms with van der Waals surface area (Å²) in [5.74, 6) is 0. The average molecular weight is 267 g/mol. The lowest BCUT2D eigenvalue weighted by atomic mass is 9.95. The van der Waals surface area contributed by atoms with E-state index in [1.165, 1.54) is 11.4 Å². The summed E-state index contributed by atoms with van der Waals surface area (Å²) in [6.07, 6.45) is 0. The zero-order valence-electron chi connectivity index (χ0n) is 11.4. The lowest BCUT2D eigenvalue weighted by Gasteiger charge is -2.21. The standard InChI is InChI=1S/C13H21N3OS/c1-9-6-18-12-15-10(2)11(16(9)12)5-14-7-13(3,4)8-17/h6,14,17H,5,7-8H2,1-4H3. The maximum atomic E-state index is 9.23. The normalized spacial score (nSPS) is 12.5. The molecule has 0 aromatic carbocycles. The van der Waals surface area contributed by atoms with E-state index < -0.39 is 0 Å². The number of nitrogens with zero attached hydrogens (tertiary/aromatic N) is 2. The van der Waals surface area contributed by atoms with Gasteiger partial charge < -0.3 is 10.4 Å². The van der Waals surface area contributed by atoms with Crippen LogP contribution in [0.1, 0.15) is 30.9 Å². The maximum absolute atomic E-state index is 9.23. The van der Waals surface area contributed by atoms with Gasteiger partial charge in [0.2, 0.25) is 0 Å². The molecule has 0 aliphatic rings. The number of rotatable bonds is 5. The smallest absolute Gasteiger partial charge is 0.194 e. The summed E-state index contributed by atoms with van der Waals surface area (Å²) in [5.41, 5.74) is 3.45. The Balaban J connectivity index is 2.12. The highest BCUT2D eigenvalue weighted by Gasteiger charge is 2.17. The molecule has 0 aliphatic carbocycles. The van der Waals surface area contributed by atoms with Gasteiger partial charge in [0.15, 0.2) is 4.96 Å². The lowest BCUT2D eigenvalue weighted by molar-refractivity contribution is 0.156. The summed E-state index contributed by atoms with van der Waals surface area (Å²) in [6.45, 7) is 10.0. The van der Waals surface area contributed by atoms with Crippen molar-refractivity contribution in [3.8, 4) is 0 Å². The molecule has 2 N–H and O–H groups in total. The van der Waals surface area contributed by atoms with Gasteiger partial charge in [-0.05, 0) is 13.8 Å². The molecule has 18 heavy (non-hydrogen) atoms. The third-order valence-electron chi connectivity index (χ3n) is 3.15. The van der Waals surface area contributed by atoms with Crippen LogP contribution in [0.15, 0.2) is 5.38 Å². The van der Waals surface area contributed by atoms with Gasteiger partial charge in [0.25, 0.3) is 0 Å². The molecule has 2 heterocycles. The van der Waals surface area contributed by atoms with E-state index in [1.54, 1.807) is 11.3 Å². The lowest BCUT2D eigenvalue weighted by Crippen LogP contribution is -2.32. The first-order valence-corrected chi connectivity index (χ1v) is 7.06. The summed E-state index contributed by atoms with van der Waals surface area (Å²) in [7, 11) is 0. The fourth-order valence-corrected chi connectivity index (χ4v) is 2.88. The molecule has 4 nitrogen and oxygen atoms in total. The van der Waals surface area contributed by atoms with E-state index in [1.807, 2.05) is 6.92 Å². The first-order valence-electron chi connectivity index (χ1n) is 6.18. The minimum Gasteiger partial charge on any atom is -0.396 e. The molecule has 0 radical (unpaired) electrons. The molecule has 0 saturated carbocycles. The van der Waals surface area contributed by atoms with Gasteiger partial charge in [-0.15, -0.1) is 11.3 Å². The fourth-order valence-electron chi connectivity index (χ4n) is 1.95. The van der Waals surface area contributed by atoms with Crippen LogP contribution < -0.4 is 5.32 Å². The Morgan fingerprint density at radius 1 is 1.44 bits per heavy atom. The van der Waals surface area contributed by atoms with Crippen molar-refractivity contribution in [2.75, 3.05) is 13.2 Å². The van der Waals surface area contributed by atoms with Gasteiger partial charge in [-0.3, -0.25) is 4.40 Å². The Morgan fingerprint density at radius 2 is 2.17 bits per heavy atom. The van der Waals surface area contributed by atoms with Gasteiger partial charge in [-0.1, -0.05) is 13.8 Å². The number of fused-ring (bicyclic) bond motifs is 1. The Morgan fingerprint density at radius 3 is 2.83 bits per heavy atom. The van der Waals surface area contributed by atoms with Crippen molar-refractivity contribution in [3.63, 3.8) is 0 Å². The summed E-state index contributed by atoms with van der Waals surface area (Å²) < 4.78 is 2.21. The molecule has 0 spiro atoms. The van der Waals surface area contributed by atoms with E-state index in [-0.39, 0.29) is 12.0 Å². The van der Waals surface area contributed by atoms with E-state index in [0.717, 1.165) is 23.7 Å². The van der Waals surface area contributed by atoms with Crippen LogP contribution in [0.4, 0.5) is 0 Å². The minimum absolute atomic E-state index is 0.0819. The van der Waals surface area contributed by atoms with Gasteiger partial charge in [-0.2, -0.15) is 0 Å². The van der Waals surface area contributed by atoms with E-state index in [0.29, 0.717) is 0 Å². The Hall–Kier alpha value is -0.910. The highest BCUT2D eigenvalue weighted by Crippen LogP contribution is 2.20. The highest BCUT2D eigenvalue weighted by molar-refractivity contribution is 7.15. The zero-order chi connectivity index (χ0) is 13.3. The van der Waals surface area contributed by atoms with Crippen molar-refractivity contribution >= 4 is 16.3 Å². The number of hydrogen-bond acceptors (Lipinski definition) is 4. The molecule has 2 rings (SSSR count). The molecule has 0 amide bonds. The van der Waals surface area contributed by atoms with Crippen LogP contribution in [0.3, 0.4) is 0 Å². The number of aliphatic hydroxyl groups is 1. The van der Waals surface area contributed by atoms with Crippen molar-refractivity contribution in [1.82, 2.24) is 14.7 Å². The van der Waals surface area contributed by atoms with Crippen LogP contribution in [-0.2, 0) is 6.54 Å². The van der Waals surface area contributed by atoms with Crippen LogP contribution in [0.2, 0.25) is 0 Å². The third-order valence-corrected chi connectivity index (χ3v) is 4.10. The molecule has 0 atom stereocenters. The highest BCUT2D eigenvalue weighted by atomic mass is 32.1. The molecule has 100 valence electrons. The number of aryl methyl sites for hydroxylation is 2. The number of aliphatic hydroxyl groups excluding tert-OH is 1. The predicted octanol–water partition coefficient (Wildman–Crippen LogP) is 2.12. The summed E-state index contributed by atoms with van der Waals surface area (Å²) >= 11 is 1.68. The van der Waals surface area contributed by atoms with Gasteiger partial charge >= 0.3 is 0 Å². The number of aromatic nitrogens is 2.